The fourth-order valence-electron chi connectivity index (χ4n) is 4.41. The third-order valence-electron chi connectivity index (χ3n) is 5.87. The molecule has 3 heteroatoms. The molecule has 0 radical (unpaired) electrons. The van der Waals surface area contributed by atoms with Crippen molar-refractivity contribution in [2.75, 3.05) is 6.61 Å². The molecule has 0 unspecified atom stereocenters. The lowest BCUT2D eigenvalue weighted by Gasteiger charge is -2.37. The third kappa shape index (κ3) is 4.40. The zero-order valence-corrected chi connectivity index (χ0v) is 18.9. The highest BCUT2D eigenvalue weighted by Gasteiger charge is 2.41. The summed E-state index contributed by atoms with van der Waals surface area (Å²) in [5.41, 5.74) is 3.74. The molecule has 0 saturated carbocycles. The van der Waals surface area contributed by atoms with Gasteiger partial charge in [0.05, 0.1) is 18.5 Å². The zero-order chi connectivity index (χ0) is 22.9. The zero-order valence-electron chi connectivity index (χ0n) is 18.9. The highest BCUT2D eigenvalue weighted by Crippen LogP contribution is 2.42. The van der Waals surface area contributed by atoms with Crippen LogP contribution in [0.3, 0.4) is 0 Å². The van der Waals surface area contributed by atoms with E-state index in [2.05, 4.69) is 90.6 Å². The monoisotopic (exact) mass is 434 g/mol. The minimum atomic E-state index is -0.662. The van der Waals surface area contributed by atoms with Gasteiger partial charge in [-0.25, -0.2) is 4.68 Å². The molecule has 0 N–H and O–H groups in total. The first-order valence-corrected chi connectivity index (χ1v) is 11.4. The van der Waals surface area contributed by atoms with Gasteiger partial charge < -0.3 is 4.74 Å². The molecule has 0 bridgehead atoms. The van der Waals surface area contributed by atoms with Crippen LogP contribution in [0.5, 0.6) is 5.75 Å². The van der Waals surface area contributed by atoms with E-state index in [1.165, 1.54) is 0 Å². The van der Waals surface area contributed by atoms with Gasteiger partial charge in [0.1, 0.15) is 5.54 Å². The summed E-state index contributed by atoms with van der Waals surface area (Å²) >= 11 is 0. The first-order chi connectivity index (χ1) is 16.3. The van der Waals surface area contributed by atoms with Crippen LogP contribution in [0.4, 0.5) is 0 Å². The van der Waals surface area contributed by atoms with Gasteiger partial charge in [-0.1, -0.05) is 103 Å². The Hall–Kier alpha value is -3.85. The van der Waals surface area contributed by atoms with Gasteiger partial charge in [-0.3, -0.25) is 0 Å². The van der Waals surface area contributed by atoms with Gasteiger partial charge in [0, 0.05) is 6.42 Å². The molecule has 0 aliphatic rings. The maximum atomic E-state index is 6.20. The van der Waals surface area contributed by atoms with E-state index >= 15 is 0 Å². The maximum Gasteiger partial charge on any atom is 0.160 e. The molecule has 0 spiro atoms. The standard InChI is InChI=1S/C30H30N2O/c1-3-5-15-23-33-29-24-31-32(28(29)16-4-2)30(25-17-9-6-10-18-25,26-19-11-7-12-20-26)27-21-13-8-14-22-27/h3-4,6-14,17-22,24H,1-2,5,15-16,23H2. The topological polar surface area (TPSA) is 27.1 Å². The summed E-state index contributed by atoms with van der Waals surface area (Å²) in [5.74, 6) is 0.797. The van der Waals surface area contributed by atoms with Crippen LogP contribution in [0.15, 0.2) is 123 Å². The largest absolute Gasteiger partial charge is 0.490 e. The summed E-state index contributed by atoms with van der Waals surface area (Å²) < 4.78 is 8.32. The quantitative estimate of drug-likeness (QED) is 0.147. The SMILES string of the molecule is C=CCCCOc1cnn(C(c2ccccc2)(c2ccccc2)c2ccccc2)c1CC=C. The minimum absolute atomic E-state index is 0.622. The highest BCUT2D eigenvalue weighted by atomic mass is 16.5. The molecule has 1 heterocycles. The Bertz CT molecular complexity index is 1070. The predicted molar refractivity (Wildman–Crippen MR) is 136 cm³/mol. The lowest BCUT2D eigenvalue weighted by Crippen LogP contribution is -2.39. The van der Waals surface area contributed by atoms with E-state index in [-0.39, 0.29) is 0 Å². The van der Waals surface area contributed by atoms with Crippen molar-refractivity contribution >= 4 is 0 Å². The first kappa shape index (κ1) is 22.3. The fraction of sp³-hybridized carbons (Fsp3) is 0.167. The Morgan fingerprint density at radius 3 is 1.73 bits per heavy atom. The Morgan fingerprint density at radius 2 is 1.27 bits per heavy atom. The van der Waals surface area contributed by atoms with Gasteiger partial charge >= 0.3 is 0 Å². The smallest absolute Gasteiger partial charge is 0.160 e. The minimum Gasteiger partial charge on any atom is -0.490 e. The van der Waals surface area contributed by atoms with Crippen LogP contribution in [-0.4, -0.2) is 16.4 Å². The van der Waals surface area contributed by atoms with Crippen molar-refractivity contribution in [2.24, 2.45) is 0 Å². The number of rotatable bonds is 11. The van der Waals surface area contributed by atoms with Crippen molar-refractivity contribution in [1.82, 2.24) is 9.78 Å². The number of nitrogens with zero attached hydrogens (tertiary/aromatic N) is 2. The number of ether oxygens (including phenoxy) is 1. The molecule has 4 aromatic rings. The Kier molecular flexibility index (Phi) is 7.21. The van der Waals surface area contributed by atoms with E-state index in [0.29, 0.717) is 13.0 Å². The van der Waals surface area contributed by atoms with Crippen LogP contribution in [0, 0.1) is 0 Å². The Balaban J connectivity index is 1.99. The van der Waals surface area contributed by atoms with E-state index in [1.807, 2.05) is 36.5 Å². The van der Waals surface area contributed by atoms with Crippen LogP contribution < -0.4 is 4.74 Å². The summed E-state index contributed by atoms with van der Waals surface area (Å²) in [7, 11) is 0. The number of hydrogen-bond donors (Lipinski definition) is 0. The van der Waals surface area contributed by atoms with Crippen molar-refractivity contribution in [1.29, 1.82) is 0 Å². The molecule has 3 aromatic carbocycles. The summed E-state index contributed by atoms with van der Waals surface area (Å²) in [6.45, 7) is 8.44. The fourth-order valence-corrected chi connectivity index (χ4v) is 4.41. The van der Waals surface area contributed by atoms with Gasteiger partial charge in [0.15, 0.2) is 5.75 Å². The molecule has 0 amide bonds. The molecular formula is C30H30N2O. The molecule has 0 saturated heterocycles. The van der Waals surface area contributed by atoms with E-state index < -0.39 is 5.54 Å². The number of unbranched alkanes of at least 4 members (excludes halogenated alkanes) is 1. The summed E-state index contributed by atoms with van der Waals surface area (Å²) in [6.07, 6.45) is 8.16. The van der Waals surface area contributed by atoms with Crippen LogP contribution in [-0.2, 0) is 12.0 Å². The van der Waals surface area contributed by atoms with E-state index in [1.54, 1.807) is 0 Å². The lowest BCUT2D eigenvalue weighted by atomic mass is 9.77. The summed E-state index contributed by atoms with van der Waals surface area (Å²) in [5, 5.41) is 4.96. The van der Waals surface area contributed by atoms with Crippen LogP contribution in [0.25, 0.3) is 0 Å². The van der Waals surface area contributed by atoms with Gasteiger partial charge in [-0.2, -0.15) is 5.10 Å². The number of aromatic nitrogens is 2. The Morgan fingerprint density at radius 1 is 0.758 bits per heavy atom. The van der Waals surface area contributed by atoms with Crippen LogP contribution in [0.2, 0.25) is 0 Å². The van der Waals surface area contributed by atoms with Gasteiger partial charge in [-0.05, 0) is 29.5 Å². The van der Waals surface area contributed by atoms with Gasteiger partial charge in [-0.15, -0.1) is 13.2 Å². The van der Waals surface area contributed by atoms with Crippen LogP contribution >= 0.6 is 0 Å². The molecule has 166 valence electrons. The molecule has 1 aromatic heterocycles. The van der Waals surface area contributed by atoms with Crippen LogP contribution in [0.1, 0.15) is 35.2 Å². The maximum absolute atomic E-state index is 6.20. The van der Waals surface area contributed by atoms with Crippen molar-refractivity contribution < 1.29 is 4.74 Å². The lowest BCUT2D eigenvalue weighted by molar-refractivity contribution is 0.307. The molecule has 33 heavy (non-hydrogen) atoms. The molecule has 0 atom stereocenters. The van der Waals surface area contributed by atoms with Crippen molar-refractivity contribution in [3.63, 3.8) is 0 Å². The first-order valence-electron chi connectivity index (χ1n) is 11.4. The number of allylic oxidation sites excluding steroid dienone is 2. The van der Waals surface area contributed by atoms with Crippen molar-refractivity contribution in [2.45, 2.75) is 24.8 Å². The number of benzene rings is 3. The predicted octanol–water partition coefficient (Wildman–Crippen LogP) is 6.80. The van der Waals surface area contributed by atoms with Crippen molar-refractivity contribution in [3.8, 4) is 5.75 Å². The third-order valence-corrected chi connectivity index (χ3v) is 5.87. The average molecular weight is 435 g/mol. The highest BCUT2D eigenvalue weighted by molar-refractivity contribution is 5.51. The molecule has 0 aliphatic carbocycles. The molecule has 4 rings (SSSR count). The normalized spacial score (nSPS) is 11.2. The molecule has 0 fully saturated rings. The summed E-state index contributed by atoms with van der Waals surface area (Å²) in [4.78, 5) is 0. The van der Waals surface area contributed by atoms with Crippen molar-refractivity contribution in [3.05, 3.63) is 145 Å². The van der Waals surface area contributed by atoms with E-state index in [4.69, 9.17) is 9.84 Å². The summed E-state index contributed by atoms with van der Waals surface area (Å²) in [6, 6.07) is 31.7. The Labute approximate surface area is 196 Å². The van der Waals surface area contributed by atoms with Gasteiger partial charge in [0.25, 0.3) is 0 Å². The molecule has 0 aliphatic heterocycles. The van der Waals surface area contributed by atoms with Gasteiger partial charge in [0.2, 0.25) is 0 Å². The number of hydrogen-bond acceptors (Lipinski definition) is 2. The second-order valence-corrected chi connectivity index (χ2v) is 7.95. The van der Waals surface area contributed by atoms with E-state index in [0.717, 1.165) is 41.0 Å². The second-order valence-electron chi connectivity index (χ2n) is 7.95. The molecular weight excluding hydrogens is 404 g/mol. The second kappa shape index (κ2) is 10.6. The molecule has 3 nitrogen and oxygen atoms in total. The van der Waals surface area contributed by atoms with E-state index in [9.17, 15) is 0 Å². The average Bonchev–Trinajstić information content (AvgIpc) is 3.27.